The zero-order valence-electron chi connectivity index (χ0n) is 11.6. The minimum absolute atomic E-state index is 0.0586. The molecule has 0 aliphatic carbocycles. The lowest BCUT2D eigenvalue weighted by molar-refractivity contribution is 0.102. The van der Waals surface area contributed by atoms with Crippen molar-refractivity contribution in [3.05, 3.63) is 58.3 Å². The molecule has 0 radical (unpaired) electrons. The van der Waals surface area contributed by atoms with Crippen molar-refractivity contribution in [1.29, 1.82) is 0 Å². The highest BCUT2D eigenvalue weighted by atomic mass is 19.1. The Morgan fingerprint density at radius 1 is 1.33 bits per heavy atom. The lowest BCUT2D eigenvalue weighted by atomic mass is 10.1. The van der Waals surface area contributed by atoms with Crippen LogP contribution in [0.25, 0.3) is 0 Å². The Hall–Kier alpha value is -2.63. The van der Waals surface area contributed by atoms with Crippen LogP contribution < -0.4 is 16.6 Å². The molecular formula is C15H16FN3O2. The summed E-state index contributed by atoms with van der Waals surface area (Å²) < 4.78 is 14.7. The highest BCUT2D eigenvalue weighted by Crippen LogP contribution is 2.15. The fourth-order valence-electron chi connectivity index (χ4n) is 1.94. The van der Waals surface area contributed by atoms with Gasteiger partial charge in [0.05, 0.1) is 11.3 Å². The molecule has 0 bridgehead atoms. The van der Waals surface area contributed by atoms with Crippen molar-refractivity contribution in [2.75, 3.05) is 11.1 Å². The van der Waals surface area contributed by atoms with Crippen molar-refractivity contribution < 1.29 is 9.18 Å². The number of aryl methyl sites for hydroxylation is 1. The van der Waals surface area contributed by atoms with Crippen LogP contribution in [0.4, 0.5) is 15.8 Å². The third kappa shape index (κ3) is 3.47. The summed E-state index contributed by atoms with van der Waals surface area (Å²) in [5, 5.41) is 2.61. The summed E-state index contributed by atoms with van der Waals surface area (Å²) in [5.41, 5.74) is 6.23. The lowest BCUT2D eigenvalue weighted by Crippen LogP contribution is -2.21. The second-order valence-electron chi connectivity index (χ2n) is 4.64. The van der Waals surface area contributed by atoms with Gasteiger partial charge in [-0.1, -0.05) is 6.92 Å². The number of hydrogen-bond donors (Lipinski definition) is 2. The molecule has 6 heteroatoms. The smallest absolute Gasteiger partial charge is 0.257 e. The number of carbonyl (C=O) groups is 1. The third-order valence-electron chi connectivity index (χ3n) is 2.97. The van der Waals surface area contributed by atoms with E-state index in [0.717, 1.165) is 12.5 Å². The van der Waals surface area contributed by atoms with E-state index in [9.17, 15) is 14.0 Å². The molecule has 110 valence electrons. The van der Waals surface area contributed by atoms with E-state index < -0.39 is 11.7 Å². The molecule has 1 heterocycles. The van der Waals surface area contributed by atoms with E-state index in [-0.39, 0.29) is 16.8 Å². The minimum atomic E-state index is -0.537. The van der Waals surface area contributed by atoms with Crippen molar-refractivity contribution in [3.8, 4) is 0 Å². The summed E-state index contributed by atoms with van der Waals surface area (Å²) in [6.45, 7) is 2.51. The first-order valence-corrected chi connectivity index (χ1v) is 6.58. The molecule has 0 saturated carbocycles. The van der Waals surface area contributed by atoms with Crippen LogP contribution in [-0.4, -0.2) is 10.5 Å². The second kappa shape index (κ2) is 6.21. The first kappa shape index (κ1) is 14.8. The average molecular weight is 289 g/mol. The predicted octanol–water partition coefficient (Wildman–Crippen LogP) is 2.23. The number of nitrogens with one attached hydrogen (secondary N) is 1. The highest BCUT2D eigenvalue weighted by molar-refractivity contribution is 6.07. The van der Waals surface area contributed by atoms with Gasteiger partial charge in [-0.3, -0.25) is 9.59 Å². The molecule has 0 saturated heterocycles. The number of nitrogen functional groups attached to an aromatic ring is 1. The Balaban J connectivity index is 2.25. The Bertz CT molecular complexity index is 725. The van der Waals surface area contributed by atoms with Gasteiger partial charge < -0.3 is 15.6 Å². The Morgan fingerprint density at radius 3 is 2.81 bits per heavy atom. The number of nitrogens with two attached hydrogens (primary N) is 1. The number of carbonyl (C=O) groups excluding carboxylic acids is 1. The summed E-state index contributed by atoms with van der Waals surface area (Å²) in [6, 6.07) is 6.48. The van der Waals surface area contributed by atoms with Gasteiger partial charge in [0.1, 0.15) is 5.82 Å². The van der Waals surface area contributed by atoms with E-state index in [0.29, 0.717) is 12.2 Å². The molecule has 0 aliphatic rings. The number of rotatable bonds is 4. The van der Waals surface area contributed by atoms with Gasteiger partial charge in [-0.2, -0.15) is 0 Å². The standard InChI is InChI=1S/C15H16FN3O2/c1-2-7-19-9-11(4-6-14(19)20)18-15(21)12-8-10(16)3-5-13(12)17/h3-6,8-9H,2,7,17H2,1H3,(H,18,21). The third-order valence-corrected chi connectivity index (χ3v) is 2.97. The number of hydrogen-bond acceptors (Lipinski definition) is 3. The summed E-state index contributed by atoms with van der Waals surface area (Å²) in [5.74, 6) is -1.06. The molecule has 0 unspecified atom stereocenters. The van der Waals surface area contributed by atoms with Crippen LogP contribution in [0.3, 0.4) is 0 Å². The number of anilines is 2. The topological polar surface area (TPSA) is 77.1 Å². The molecule has 0 aliphatic heterocycles. The molecule has 2 rings (SSSR count). The number of amides is 1. The molecule has 21 heavy (non-hydrogen) atoms. The van der Waals surface area contributed by atoms with Crippen LogP contribution in [-0.2, 0) is 6.54 Å². The zero-order valence-corrected chi connectivity index (χ0v) is 11.6. The van der Waals surface area contributed by atoms with Crippen LogP contribution in [0.2, 0.25) is 0 Å². The molecule has 1 amide bonds. The molecule has 0 atom stereocenters. The van der Waals surface area contributed by atoms with Crippen molar-refractivity contribution >= 4 is 17.3 Å². The maximum Gasteiger partial charge on any atom is 0.257 e. The van der Waals surface area contributed by atoms with E-state index >= 15 is 0 Å². The molecule has 0 spiro atoms. The van der Waals surface area contributed by atoms with Crippen LogP contribution in [0.5, 0.6) is 0 Å². The number of benzene rings is 1. The average Bonchev–Trinajstić information content (AvgIpc) is 2.45. The Morgan fingerprint density at radius 2 is 2.10 bits per heavy atom. The second-order valence-corrected chi connectivity index (χ2v) is 4.64. The van der Waals surface area contributed by atoms with Gasteiger partial charge in [0.25, 0.3) is 11.5 Å². The van der Waals surface area contributed by atoms with Gasteiger partial charge in [0.15, 0.2) is 0 Å². The molecule has 0 fully saturated rings. The van der Waals surface area contributed by atoms with Crippen LogP contribution in [0, 0.1) is 5.82 Å². The van der Waals surface area contributed by atoms with Crippen molar-refractivity contribution in [2.24, 2.45) is 0 Å². The van der Waals surface area contributed by atoms with Crippen molar-refractivity contribution in [2.45, 2.75) is 19.9 Å². The van der Waals surface area contributed by atoms with Gasteiger partial charge in [0, 0.05) is 24.5 Å². The van der Waals surface area contributed by atoms with Gasteiger partial charge >= 0.3 is 0 Å². The van der Waals surface area contributed by atoms with E-state index in [1.807, 2.05) is 6.92 Å². The van der Waals surface area contributed by atoms with E-state index in [4.69, 9.17) is 5.73 Å². The van der Waals surface area contributed by atoms with Gasteiger partial charge in [0.2, 0.25) is 0 Å². The summed E-state index contributed by atoms with van der Waals surface area (Å²) >= 11 is 0. The first-order chi connectivity index (χ1) is 10.0. The predicted molar refractivity (Wildman–Crippen MR) is 79.8 cm³/mol. The van der Waals surface area contributed by atoms with Crippen molar-refractivity contribution in [1.82, 2.24) is 4.57 Å². The zero-order chi connectivity index (χ0) is 15.4. The molecule has 1 aromatic heterocycles. The SMILES string of the molecule is CCCn1cc(NC(=O)c2cc(F)ccc2N)ccc1=O. The molecule has 5 nitrogen and oxygen atoms in total. The van der Waals surface area contributed by atoms with Crippen LogP contribution in [0.15, 0.2) is 41.3 Å². The molecule has 1 aromatic carbocycles. The summed E-state index contributed by atoms with van der Waals surface area (Å²) in [7, 11) is 0. The van der Waals surface area contributed by atoms with Gasteiger partial charge in [-0.15, -0.1) is 0 Å². The number of nitrogens with zero attached hydrogens (tertiary/aromatic N) is 1. The summed E-state index contributed by atoms with van der Waals surface area (Å²) in [4.78, 5) is 23.7. The first-order valence-electron chi connectivity index (χ1n) is 6.58. The Labute approximate surface area is 121 Å². The largest absolute Gasteiger partial charge is 0.398 e. The maximum absolute atomic E-state index is 13.2. The van der Waals surface area contributed by atoms with E-state index in [2.05, 4.69) is 5.32 Å². The maximum atomic E-state index is 13.2. The monoisotopic (exact) mass is 289 g/mol. The highest BCUT2D eigenvalue weighted by Gasteiger charge is 2.11. The molecule has 3 N–H and O–H groups in total. The fraction of sp³-hybridized carbons (Fsp3) is 0.200. The van der Waals surface area contributed by atoms with Gasteiger partial charge in [-0.25, -0.2) is 4.39 Å². The number of pyridine rings is 1. The van der Waals surface area contributed by atoms with E-state index in [1.54, 1.807) is 6.20 Å². The van der Waals surface area contributed by atoms with Gasteiger partial charge in [-0.05, 0) is 30.7 Å². The normalized spacial score (nSPS) is 10.4. The quantitative estimate of drug-likeness (QED) is 0.847. The number of aromatic nitrogens is 1. The van der Waals surface area contributed by atoms with Crippen LogP contribution >= 0.6 is 0 Å². The molecule has 2 aromatic rings. The number of halogens is 1. The van der Waals surface area contributed by atoms with Crippen LogP contribution in [0.1, 0.15) is 23.7 Å². The van der Waals surface area contributed by atoms with E-state index in [1.165, 1.54) is 28.8 Å². The summed E-state index contributed by atoms with van der Waals surface area (Å²) in [6.07, 6.45) is 2.35. The fourth-order valence-corrected chi connectivity index (χ4v) is 1.94. The minimum Gasteiger partial charge on any atom is -0.398 e. The molecular weight excluding hydrogens is 273 g/mol. The van der Waals surface area contributed by atoms with Crippen molar-refractivity contribution in [3.63, 3.8) is 0 Å². The lowest BCUT2D eigenvalue weighted by Gasteiger charge is -2.10. The Kier molecular flexibility index (Phi) is 4.37.